The standard InChI is InChI=1S/C26H37N3O4/c1-8-28(7)25(31)20-13-12-19(16-24(20)30)33-17-22(27-32)18-11-14-23(29(9-2)10-3)21(15-18)26(4,5)6/h11-16,30,32H,8-10,17H2,1-7H3/b27-22-. The summed E-state index contributed by atoms with van der Waals surface area (Å²) >= 11 is 0. The van der Waals surface area contributed by atoms with Gasteiger partial charge in [-0.25, -0.2) is 0 Å². The Morgan fingerprint density at radius 3 is 2.21 bits per heavy atom. The number of carbonyl (C=O) groups excluding carboxylic acids is 1. The Hall–Kier alpha value is -3.22. The van der Waals surface area contributed by atoms with E-state index in [2.05, 4.69) is 50.7 Å². The second-order valence-corrected chi connectivity index (χ2v) is 8.99. The lowest BCUT2D eigenvalue weighted by atomic mass is 9.84. The summed E-state index contributed by atoms with van der Waals surface area (Å²) in [5.74, 6) is -0.0406. The normalized spacial score (nSPS) is 11.9. The predicted octanol–water partition coefficient (Wildman–Crippen LogP) is 4.89. The maximum atomic E-state index is 12.3. The lowest BCUT2D eigenvalue weighted by molar-refractivity contribution is 0.0799. The van der Waals surface area contributed by atoms with Gasteiger partial charge in [-0.05, 0) is 56.0 Å². The van der Waals surface area contributed by atoms with Crippen molar-refractivity contribution in [1.29, 1.82) is 0 Å². The molecule has 0 aliphatic carbocycles. The molecule has 0 aliphatic rings. The minimum Gasteiger partial charge on any atom is -0.507 e. The van der Waals surface area contributed by atoms with Crippen LogP contribution in [0, 0.1) is 0 Å². The van der Waals surface area contributed by atoms with Gasteiger partial charge in [0.25, 0.3) is 5.91 Å². The SMILES string of the molecule is CCN(C)C(=O)c1ccc(OC/C(=N/O)c2ccc(N(CC)CC)c(C(C)(C)C)c2)cc1O. The summed E-state index contributed by atoms with van der Waals surface area (Å²) in [7, 11) is 1.67. The van der Waals surface area contributed by atoms with Gasteiger partial charge < -0.3 is 24.9 Å². The van der Waals surface area contributed by atoms with E-state index in [0.717, 1.165) is 29.9 Å². The van der Waals surface area contributed by atoms with E-state index >= 15 is 0 Å². The quantitative estimate of drug-likeness (QED) is 0.320. The van der Waals surface area contributed by atoms with Crippen molar-refractivity contribution < 1.29 is 19.8 Å². The van der Waals surface area contributed by atoms with Crippen LogP contribution in [-0.4, -0.2) is 60.1 Å². The van der Waals surface area contributed by atoms with Crippen LogP contribution < -0.4 is 9.64 Å². The summed E-state index contributed by atoms with van der Waals surface area (Å²) in [6.45, 7) is 15.0. The average Bonchev–Trinajstić information content (AvgIpc) is 2.79. The summed E-state index contributed by atoms with van der Waals surface area (Å²) in [5.41, 5.74) is 3.57. The molecule has 7 nitrogen and oxygen atoms in total. The van der Waals surface area contributed by atoms with Crippen molar-refractivity contribution in [2.24, 2.45) is 5.16 Å². The zero-order valence-electron chi connectivity index (χ0n) is 20.8. The average molecular weight is 456 g/mol. The number of oxime groups is 1. The fourth-order valence-electron chi connectivity index (χ4n) is 3.61. The highest BCUT2D eigenvalue weighted by Gasteiger charge is 2.22. The number of ether oxygens (including phenoxy) is 1. The lowest BCUT2D eigenvalue weighted by Crippen LogP contribution is -2.27. The van der Waals surface area contributed by atoms with Gasteiger partial charge in [0.2, 0.25) is 0 Å². The van der Waals surface area contributed by atoms with Gasteiger partial charge in [0.05, 0.1) is 5.56 Å². The molecule has 2 rings (SSSR count). The van der Waals surface area contributed by atoms with Crippen LogP contribution in [-0.2, 0) is 5.41 Å². The number of phenolic OH excluding ortho intramolecular Hbond substituents is 1. The van der Waals surface area contributed by atoms with Crippen LogP contribution in [0.15, 0.2) is 41.6 Å². The van der Waals surface area contributed by atoms with Crippen molar-refractivity contribution >= 4 is 17.3 Å². The van der Waals surface area contributed by atoms with Crippen LogP contribution in [0.5, 0.6) is 11.5 Å². The highest BCUT2D eigenvalue weighted by Crippen LogP contribution is 2.33. The van der Waals surface area contributed by atoms with Gasteiger partial charge >= 0.3 is 0 Å². The highest BCUT2D eigenvalue weighted by atomic mass is 16.5. The third-order valence-corrected chi connectivity index (χ3v) is 5.76. The number of hydrogen-bond donors (Lipinski definition) is 2. The third kappa shape index (κ3) is 6.18. The Kier molecular flexibility index (Phi) is 8.74. The van der Waals surface area contributed by atoms with Crippen LogP contribution in [0.4, 0.5) is 5.69 Å². The van der Waals surface area contributed by atoms with E-state index in [9.17, 15) is 15.1 Å². The zero-order valence-corrected chi connectivity index (χ0v) is 20.8. The van der Waals surface area contributed by atoms with Gasteiger partial charge in [-0.1, -0.05) is 32.0 Å². The minimum atomic E-state index is -0.262. The van der Waals surface area contributed by atoms with Crippen LogP contribution in [0.2, 0.25) is 0 Å². The summed E-state index contributed by atoms with van der Waals surface area (Å²) in [6.07, 6.45) is 0. The Bertz CT molecular complexity index is 992. The number of hydrogen-bond acceptors (Lipinski definition) is 6. The number of anilines is 1. The monoisotopic (exact) mass is 455 g/mol. The third-order valence-electron chi connectivity index (χ3n) is 5.76. The Balaban J connectivity index is 2.27. The number of amides is 1. The smallest absolute Gasteiger partial charge is 0.257 e. The molecular formula is C26H37N3O4. The summed E-state index contributed by atoms with van der Waals surface area (Å²) in [6, 6.07) is 10.6. The number of aromatic hydroxyl groups is 1. The molecule has 0 radical (unpaired) electrons. The number of carbonyl (C=O) groups is 1. The van der Waals surface area contributed by atoms with Crippen molar-refractivity contribution in [2.45, 2.75) is 47.0 Å². The van der Waals surface area contributed by atoms with Crippen LogP contribution in [0.3, 0.4) is 0 Å². The molecule has 0 unspecified atom stereocenters. The molecule has 0 atom stereocenters. The molecule has 0 fully saturated rings. The van der Waals surface area contributed by atoms with Gasteiger partial charge in [0.1, 0.15) is 23.8 Å². The topological polar surface area (TPSA) is 85.6 Å². The molecule has 2 aromatic carbocycles. The second kappa shape index (κ2) is 11.1. The molecular weight excluding hydrogens is 418 g/mol. The van der Waals surface area contributed by atoms with E-state index in [0.29, 0.717) is 18.0 Å². The predicted molar refractivity (Wildman–Crippen MR) is 133 cm³/mol. The molecule has 2 N–H and O–H groups in total. The number of benzene rings is 2. The van der Waals surface area contributed by atoms with Crippen molar-refractivity contribution in [2.75, 3.05) is 38.2 Å². The van der Waals surface area contributed by atoms with E-state index in [-0.39, 0.29) is 29.2 Å². The van der Waals surface area contributed by atoms with Gasteiger partial charge in [-0.15, -0.1) is 0 Å². The van der Waals surface area contributed by atoms with Gasteiger partial charge in [0, 0.05) is 44.0 Å². The molecule has 0 aromatic heterocycles. The minimum absolute atomic E-state index is 0.00625. The summed E-state index contributed by atoms with van der Waals surface area (Å²) in [4.78, 5) is 16.1. The number of rotatable bonds is 9. The maximum Gasteiger partial charge on any atom is 0.257 e. The first-order valence-electron chi connectivity index (χ1n) is 11.4. The molecule has 0 aliphatic heterocycles. The van der Waals surface area contributed by atoms with E-state index in [1.54, 1.807) is 13.1 Å². The molecule has 0 spiro atoms. The maximum absolute atomic E-state index is 12.3. The molecule has 0 saturated heterocycles. The highest BCUT2D eigenvalue weighted by molar-refractivity contribution is 6.02. The fourth-order valence-corrected chi connectivity index (χ4v) is 3.61. The molecule has 1 amide bonds. The summed E-state index contributed by atoms with van der Waals surface area (Å²) in [5, 5.41) is 23.4. The first-order chi connectivity index (χ1) is 15.6. The Morgan fingerprint density at radius 2 is 1.70 bits per heavy atom. The molecule has 180 valence electrons. The molecule has 0 bridgehead atoms. The van der Waals surface area contributed by atoms with Gasteiger partial charge in [0.15, 0.2) is 0 Å². The second-order valence-electron chi connectivity index (χ2n) is 8.99. The Labute approximate surface area is 197 Å². The van der Waals surface area contributed by atoms with Crippen LogP contribution >= 0.6 is 0 Å². The van der Waals surface area contributed by atoms with E-state index in [4.69, 9.17) is 4.74 Å². The number of nitrogens with zero attached hydrogens (tertiary/aromatic N) is 3. The first kappa shape index (κ1) is 26.0. The zero-order chi connectivity index (χ0) is 24.8. The first-order valence-corrected chi connectivity index (χ1v) is 11.4. The lowest BCUT2D eigenvalue weighted by Gasteiger charge is -2.30. The molecule has 7 heteroatoms. The summed E-state index contributed by atoms with van der Waals surface area (Å²) < 4.78 is 5.78. The van der Waals surface area contributed by atoms with Crippen LogP contribution in [0.25, 0.3) is 0 Å². The van der Waals surface area contributed by atoms with Gasteiger partial charge in [-0.3, -0.25) is 4.79 Å². The largest absolute Gasteiger partial charge is 0.507 e. The molecule has 0 heterocycles. The molecule has 2 aromatic rings. The molecule has 33 heavy (non-hydrogen) atoms. The van der Waals surface area contributed by atoms with Crippen molar-refractivity contribution in [3.05, 3.63) is 53.1 Å². The van der Waals surface area contributed by atoms with Gasteiger partial charge in [-0.2, -0.15) is 0 Å². The van der Waals surface area contributed by atoms with E-state index < -0.39 is 0 Å². The Morgan fingerprint density at radius 1 is 1.03 bits per heavy atom. The van der Waals surface area contributed by atoms with Crippen LogP contribution in [0.1, 0.15) is 63.0 Å². The van der Waals surface area contributed by atoms with Crippen molar-refractivity contribution in [3.8, 4) is 11.5 Å². The van der Waals surface area contributed by atoms with Crippen molar-refractivity contribution in [1.82, 2.24) is 4.90 Å². The number of phenols is 1. The van der Waals surface area contributed by atoms with E-state index in [1.165, 1.54) is 17.0 Å². The van der Waals surface area contributed by atoms with E-state index in [1.807, 2.05) is 19.1 Å². The fraction of sp³-hybridized carbons (Fsp3) is 0.462. The molecule has 0 saturated carbocycles. The van der Waals surface area contributed by atoms with Crippen molar-refractivity contribution in [3.63, 3.8) is 0 Å².